The highest BCUT2D eigenvalue weighted by atomic mass is 127. The van der Waals surface area contributed by atoms with Crippen molar-refractivity contribution in [2.75, 3.05) is 40.8 Å². The molecule has 0 aliphatic heterocycles. The van der Waals surface area contributed by atoms with Crippen molar-refractivity contribution in [2.45, 2.75) is 39.5 Å². The first kappa shape index (κ1) is 23.9. The van der Waals surface area contributed by atoms with Gasteiger partial charge < -0.3 is 20.3 Å². The van der Waals surface area contributed by atoms with E-state index < -0.39 is 0 Å². The number of ether oxygens (including phenoxy) is 1. The summed E-state index contributed by atoms with van der Waals surface area (Å²) in [5, 5.41) is 6.32. The Morgan fingerprint density at radius 3 is 2.32 bits per heavy atom. The second-order valence-electron chi connectivity index (χ2n) is 6.69. The van der Waals surface area contributed by atoms with Gasteiger partial charge in [-0.05, 0) is 19.8 Å². The predicted octanol–water partition coefficient (Wildman–Crippen LogP) is 1.62. The van der Waals surface area contributed by atoms with E-state index in [1.54, 1.807) is 25.9 Å². The van der Waals surface area contributed by atoms with Crippen LogP contribution in [-0.4, -0.2) is 63.6 Å². The fourth-order valence-electron chi connectivity index (χ4n) is 3.07. The van der Waals surface area contributed by atoms with Crippen molar-refractivity contribution in [1.82, 2.24) is 15.5 Å². The molecule has 0 heterocycles. The van der Waals surface area contributed by atoms with Crippen LogP contribution in [0.15, 0.2) is 4.99 Å². The van der Waals surface area contributed by atoms with Gasteiger partial charge in [-0.25, -0.2) is 0 Å². The Hall–Kier alpha value is -1.06. The molecule has 0 aromatic heterocycles. The van der Waals surface area contributed by atoms with E-state index in [9.17, 15) is 9.59 Å². The summed E-state index contributed by atoms with van der Waals surface area (Å²) in [7, 11) is 4.98. The van der Waals surface area contributed by atoms with Gasteiger partial charge in [-0.3, -0.25) is 14.6 Å². The molecular formula is C17H33IN4O3. The Bertz CT molecular complexity index is 463. The molecule has 7 nitrogen and oxygen atoms in total. The fraction of sp³-hybridized carbons (Fsp3) is 0.824. The van der Waals surface area contributed by atoms with Gasteiger partial charge in [0.1, 0.15) is 0 Å². The Labute approximate surface area is 168 Å². The van der Waals surface area contributed by atoms with Crippen molar-refractivity contribution in [3.63, 3.8) is 0 Å². The maximum absolute atomic E-state index is 12.6. The minimum absolute atomic E-state index is 0. The maximum atomic E-state index is 12.6. The van der Waals surface area contributed by atoms with Crippen LogP contribution in [0, 0.1) is 11.3 Å². The molecule has 1 fully saturated rings. The third-order valence-corrected chi connectivity index (χ3v) is 4.48. The quantitative estimate of drug-likeness (QED) is 0.257. The minimum atomic E-state index is -0.389. The molecule has 0 radical (unpaired) electrons. The lowest BCUT2D eigenvalue weighted by atomic mass is 9.85. The van der Waals surface area contributed by atoms with E-state index >= 15 is 0 Å². The lowest BCUT2D eigenvalue weighted by Crippen LogP contribution is -2.44. The van der Waals surface area contributed by atoms with Crippen LogP contribution in [0.5, 0.6) is 0 Å². The molecule has 0 saturated heterocycles. The molecule has 1 atom stereocenters. The van der Waals surface area contributed by atoms with E-state index in [1.165, 1.54) is 7.11 Å². The Morgan fingerprint density at radius 1 is 1.24 bits per heavy atom. The van der Waals surface area contributed by atoms with Crippen LogP contribution in [-0.2, 0) is 14.3 Å². The van der Waals surface area contributed by atoms with Gasteiger partial charge in [-0.1, -0.05) is 19.8 Å². The second kappa shape index (κ2) is 11.5. The van der Waals surface area contributed by atoms with Gasteiger partial charge in [-0.2, -0.15) is 0 Å². The molecule has 0 bridgehead atoms. The van der Waals surface area contributed by atoms with Crippen LogP contribution >= 0.6 is 24.0 Å². The van der Waals surface area contributed by atoms with Crippen molar-refractivity contribution in [2.24, 2.45) is 16.3 Å². The van der Waals surface area contributed by atoms with Gasteiger partial charge in [0.2, 0.25) is 5.91 Å². The molecule has 8 heteroatoms. The highest BCUT2D eigenvalue weighted by Crippen LogP contribution is 2.39. The summed E-state index contributed by atoms with van der Waals surface area (Å²) >= 11 is 0. The molecule has 1 aliphatic rings. The first-order valence-corrected chi connectivity index (χ1v) is 8.68. The number of hydrogen-bond acceptors (Lipinski definition) is 4. The molecule has 25 heavy (non-hydrogen) atoms. The standard InChI is InChI=1S/C17H32N4O3.HI/c1-6-18-16(19-11-13(2)14(22)24-5)20-12-17(9-7-8-10-17)15(23)21(3)4;/h13H,6-12H2,1-5H3,(H2,18,19,20);1H. The number of guanidine groups is 1. The third kappa shape index (κ3) is 6.99. The van der Waals surface area contributed by atoms with Gasteiger partial charge in [-0.15, -0.1) is 24.0 Å². The molecular weight excluding hydrogens is 435 g/mol. The first-order chi connectivity index (χ1) is 11.4. The summed E-state index contributed by atoms with van der Waals surface area (Å²) in [5.41, 5.74) is -0.389. The normalized spacial score (nSPS) is 17.2. The van der Waals surface area contributed by atoms with Gasteiger partial charge in [0.05, 0.1) is 25.0 Å². The smallest absolute Gasteiger partial charge is 0.310 e. The van der Waals surface area contributed by atoms with E-state index in [-0.39, 0.29) is 47.2 Å². The summed E-state index contributed by atoms with van der Waals surface area (Å²) < 4.78 is 4.73. The molecule has 1 rings (SSSR count). The molecule has 1 aliphatic carbocycles. The number of hydrogen-bond donors (Lipinski definition) is 2. The van der Waals surface area contributed by atoms with E-state index in [2.05, 4.69) is 15.6 Å². The molecule has 1 unspecified atom stereocenters. The van der Waals surface area contributed by atoms with Crippen LogP contribution < -0.4 is 10.6 Å². The second-order valence-corrected chi connectivity index (χ2v) is 6.69. The Kier molecular flexibility index (Phi) is 11.0. The lowest BCUT2D eigenvalue weighted by Gasteiger charge is -2.29. The first-order valence-electron chi connectivity index (χ1n) is 8.68. The molecule has 2 N–H and O–H groups in total. The van der Waals surface area contributed by atoms with Crippen LogP contribution in [0.3, 0.4) is 0 Å². The van der Waals surface area contributed by atoms with Gasteiger partial charge in [0.25, 0.3) is 0 Å². The fourth-order valence-corrected chi connectivity index (χ4v) is 3.07. The number of methoxy groups -OCH3 is 1. The van der Waals surface area contributed by atoms with Crippen molar-refractivity contribution >= 4 is 41.8 Å². The Morgan fingerprint density at radius 2 is 1.84 bits per heavy atom. The number of amides is 1. The maximum Gasteiger partial charge on any atom is 0.310 e. The minimum Gasteiger partial charge on any atom is -0.469 e. The number of esters is 1. The highest BCUT2D eigenvalue weighted by Gasteiger charge is 2.42. The van der Waals surface area contributed by atoms with Crippen molar-refractivity contribution in [3.8, 4) is 0 Å². The number of carbonyl (C=O) groups excluding carboxylic acids is 2. The van der Waals surface area contributed by atoms with Crippen LogP contribution in [0.4, 0.5) is 0 Å². The largest absolute Gasteiger partial charge is 0.469 e. The predicted molar refractivity (Wildman–Crippen MR) is 110 cm³/mol. The highest BCUT2D eigenvalue weighted by molar-refractivity contribution is 14.0. The topological polar surface area (TPSA) is 83.0 Å². The zero-order chi connectivity index (χ0) is 18.2. The molecule has 1 amide bonds. The Balaban J connectivity index is 0.00000576. The third-order valence-electron chi connectivity index (χ3n) is 4.48. The number of nitrogens with zero attached hydrogens (tertiary/aromatic N) is 2. The number of halogens is 1. The van der Waals surface area contributed by atoms with Gasteiger partial charge in [0, 0.05) is 27.2 Å². The number of rotatable bonds is 7. The number of nitrogens with one attached hydrogen (secondary N) is 2. The summed E-state index contributed by atoms with van der Waals surface area (Å²) in [6.45, 7) is 5.40. The van der Waals surface area contributed by atoms with Crippen LogP contribution in [0.2, 0.25) is 0 Å². The average Bonchev–Trinajstić information content (AvgIpc) is 3.05. The van der Waals surface area contributed by atoms with Crippen LogP contribution in [0.25, 0.3) is 0 Å². The summed E-state index contributed by atoms with van der Waals surface area (Å²) in [5.74, 6) is 0.268. The van der Waals surface area contributed by atoms with Crippen molar-refractivity contribution < 1.29 is 14.3 Å². The van der Waals surface area contributed by atoms with E-state index in [1.807, 2.05) is 6.92 Å². The molecule has 146 valence electrons. The van der Waals surface area contributed by atoms with Gasteiger partial charge >= 0.3 is 5.97 Å². The van der Waals surface area contributed by atoms with E-state index in [0.29, 0.717) is 25.6 Å². The van der Waals surface area contributed by atoms with E-state index in [4.69, 9.17) is 4.74 Å². The van der Waals surface area contributed by atoms with Crippen LogP contribution in [0.1, 0.15) is 39.5 Å². The number of carbonyl (C=O) groups is 2. The van der Waals surface area contributed by atoms with Crippen molar-refractivity contribution in [1.29, 1.82) is 0 Å². The summed E-state index contributed by atoms with van der Waals surface area (Å²) in [6, 6.07) is 0. The number of aliphatic imine (C=N–C) groups is 1. The van der Waals surface area contributed by atoms with E-state index in [0.717, 1.165) is 25.7 Å². The molecule has 0 spiro atoms. The summed E-state index contributed by atoms with van der Waals surface area (Å²) in [4.78, 5) is 30.4. The zero-order valence-electron chi connectivity index (χ0n) is 16.1. The van der Waals surface area contributed by atoms with Gasteiger partial charge in [0.15, 0.2) is 5.96 Å². The molecule has 0 aromatic rings. The SMILES string of the molecule is CCNC(=NCC1(C(=O)N(C)C)CCCC1)NCC(C)C(=O)OC.I. The monoisotopic (exact) mass is 468 g/mol. The van der Waals surface area contributed by atoms with Crippen molar-refractivity contribution in [3.05, 3.63) is 0 Å². The summed E-state index contributed by atoms with van der Waals surface area (Å²) in [6.07, 6.45) is 3.90. The average molecular weight is 468 g/mol. The molecule has 0 aromatic carbocycles. The lowest BCUT2D eigenvalue weighted by molar-refractivity contribution is -0.144. The molecule has 1 saturated carbocycles. The zero-order valence-corrected chi connectivity index (χ0v) is 18.4.